The Bertz CT molecular complexity index is 588. The quantitative estimate of drug-likeness (QED) is 0.885. The molecule has 0 amide bonds. The smallest absolute Gasteiger partial charge is 0.208 e. The first-order chi connectivity index (χ1) is 10.4. The minimum Gasteiger partial charge on any atom is -0.369 e. The van der Waals surface area contributed by atoms with Crippen LogP contribution in [0.1, 0.15) is 30.6 Å². The molecule has 7 heteroatoms. The Hall–Kier alpha value is -0.470. The van der Waals surface area contributed by atoms with Gasteiger partial charge in [0.2, 0.25) is 10.0 Å². The van der Waals surface area contributed by atoms with Gasteiger partial charge in [-0.3, -0.25) is 4.90 Å². The third kappa shape index (κ3) is 4.29. The van der Waals surface area contributed by atoms with Crippen molar-refractivity contribution in [2.45, 2.75) is 43.9 Å². The van der Waals surface area contributed by atoms with Crippen molar-refractivity contribution in [3.05, 3.63) is 22.4 Å². The maximum Gasteiger partial charge on any atom is 0.208 e. The topological polar surface area (TPSA) is 58.6 Å². The fourth-order valence-electron chi connectivity index (χ4n) is 3.50. The van der Waals surface area contributed by atoms with Gasteiger partial charge in [-0.05, 0) is 37.1 Å². The van der Waals surface area contributed by atoms with E-state index < -0.39 is 10.0 Å². The number of thiophene rings is 1. The molecule has 1 N–H and O–H groups in total. The number of rotatable bonds is 5. The zero-order valence-corrected chi connectivity index (χ0v) is 14.6. The molecule has 0 aliphatic carbocycles. The third-order valence-corrected chi connectivity index (χ3v) is 6.06. The van der Waals surface area contributed by atoms with Crippen LogP contribution >= 0.6 is 11.3 Å². The largest absolute Gasteiger partial charge is 0.369 e. The number of sulfonamides is 1. The normalized spacial score (nSPS) is 30.1. The van der Waals surface area contributed by atoms with Gasteiger partial charge in [0.15, 0.2) is 0 Å². The van der Waals surface area contributed by atoms with Gasteiger partial charge in [0.25, 0.3) is 0 Å². The minimum absolute atomic E-state index is 0.00478. The fraction of sp³-hybridized carbons (Fsp3) is 0.733. The summed E-state index contributed by atoms with van der Waals surface area (Å²) < 4.78 is 31.4. The monoisotopic (exact) mass is 344 g/mol. The highest BCUT2D eigenvalue weighted by atomic mass is 32.2. The average Bonchev–Trinajstić information content (AvgIpc) is 3.08. The Labute approximate surface area is 136 Å². The van der Waals surface area contributed by atoms with Gasteiger partial charge in [-0.2, -0.15) is 0 Å². The summed E-state index contributed by atoms with van der Waals surface area (Å²) in [5.74, 6) is 0. The van der Waals surface area contributed by atoms with Crippen LogP contribution in [0, 0.1) is 0 Å². The molecule has 2 aliphatic rings. The van der Waals surface area contributed by atoms with Gasteiger partial charge in [-0.25, -0.2) is 13.1 Å². The molecule has 2 fully saturated rings. The lowest BCUT2D eigenvalue weighted by molar-refractivity contribution is -0.118. The van der Waals surface area contributed by atoms with E-state index in [2.05, 4.69) is 27.1 Å². The molecule has 1 aromatic heterocycles. The van der Waals surface area contributed by atoms with Gasteiger partial charge in [0, 0.05) is 31.1 Å². The molecule has 5 nitrogen and oxygen atoms in total. The number of hydrogen-bond acceptors (Lipinski definition) is 5. The van der Waals surface area contributed by atoms with Crippen LogP contribution < -0.4 is 4.72 Å². The van der Waals surface area contributed by atoms with Crippen LogP contribution in [0.25, 0.3) is 0 Å². The first kappa shape index (κ1) is 16.4. The summed E-state index contributed by atoms with van der Waals surface area (Å²) in [7, 11) is -3.14. The molecule has 0 unspecified atom stereocenters. The SMILES string of the molecule is CS(=O)(=O)NC[C@@H]1CCC[C@@]2(CCN(Cc3cccs3)C2)O1. The van der Waals surface area contributed by atoms with Crippen LogP contribution in [0.2, 0.25) is 0 Å². The molecular weight excluding hydrogens is 320 g/mol. The second-order valence-electron chi connectivity index (χ2n) is 6.48. The summed E-state index contributed by atoms with van der Waals surface area (Å²) in [6, 6.07) is 4.27. The molecule has 0 bridgehead atoms. The molecule has 3 rings (SSSR count). The summed E-state index contributed by atoms with van der Waals surface area (Å²) >= 11 is 1.80. The molecule has 2 atom stereocenters. The van der Waals surface area contributed by atoms with E-state index in [0.717, 1.165) is 45.3 Å². The highest BCUT2D eigenvalue weighted by Crippen LogP contribution is 2.37. The predicted molar refractivity (Wildman–Crippen MR) is 88.5 cm³/mol. The predicted octanol–water partition coefficient (Wildman–Crippen LogP) is 1.81. The van der Waals surface area contributed by atoms with Gasteiger partial charge in [0.05, 0.1) is 18.0 Å². The zero-order chi connectivity index (χ0) is 15.6. The van der Waals surface area contributed by atoms with Crippen molar-refractivity contribution in [1.29, 1.82) is 0 Å². The second kappa shape index (κ2) is 6.57. The van der Waals surface area contributed by atoms with Gasteiger partial charge in [0.1, 0.15) is 0 Å². The second-order valence-corrected chi connectivity index (χ2v) is 9.34. The van der Waals surface area contributed by atoms with Crippen molar-refractivity contribution < 1.29 is 13.2 Å². The highest BCUT2D eigenvalue weighted by molar-refractivity contribution is 7.88. The molecule has 3 heterocycles. The minimum atomic E-state index is -3.14. The Balaban J connectivity index is 1.55. The summed E-state index contributed by atoms with van der Waals surface area (Å²) in [6.45, 7) is 3.41. The van der Waals surface area contributed by atoms with Crippen molar-refractivity contribution in [3.63, 3.8) is 0 Å². The van der Waals surface area contributed by atoms with Crippen molar-refractivity contribution in [1.82, 2.24) is 9.62 Å². The van der Waals surface area contributed by atoms with Crippen LogP contribution in [-0.2, 0) is 21.3 Å². The number of ether oxygens (including phenoxy) is 1. The van der Waals surface area contributed by atoms with Gasteiger partial charge >= 0.3 is 0 Å². The van der Waals surface area contributed by atoms with Crippen LogP contribution in [0.15, 0.2) is 17.5 Å². The van der Waals surface area contributed by atoms with Gasteiger partial charge in [-0.1, -0.05) is 6.07 Å². The Morgan fingerprint density at radius 1 is 1.50 bits per heavy atom. The first-order valence-corrected chi connectivity index (χ1v) is 10.6. The Morgan fingerprint density at radius 3 is 3.09 bits per heavy atom. The lowest BCUT2D eigenvalue weighted by Crippen LogP contribution is -2.46. The third-order valence-electron chi connectivity index (χ3n) is 4.50. The number of nitrogens with one attached hydrogen (secondary N) is 1. The van der Waals surface area contributed by atoms with E-state index in [-0.39, 0.29) is 11.7 Å². The van der Waals surface area contributed by atoms with E-state index >= 15 is 0 Å². The van der Waals surface area contributed by atoms with Crippen molar-refractivity contribution >= 4 is 21.4 Å². The standard InChI is InChI=1S/C15H24N2O3S2/c1-22(18,19)16-10-13-4-2-6-15(20-13)7-8-17(12-15)11-14-5-3-9-21-14/h3,5,9,13,16H,2,4,6-8,10-12H2,1H3/t13-,15-/m0/s1. The average molecular weight is 345 g/mol. The Morgan fingerprint density at radius 2 is 2.36 bits per heavy atom. The zero-order valence-electron chi connectivity index (χ0n) is 13.0. The Kier molecular flexibility index (Phi) is 4.89. The van der Waals surface area contributed by atoms with E-state index in [0.29, 0.717) is 6.54 Å². The van der Waals surface area contributed by atoms with Crippen LogP contribution in [0.3, 0.4) is 0 Å². The summed E-state index contributed by atoms with van der Waals surface area (Å²) in [5.41, 5.74) is -0.0701. The maximum absolute atomic E-state index is 11.2. The lowest BCUT2D eigenvalue weighted by Gasteiger charge is -2.38. The molecule has 124 valence electrons. The molecular formula is C15H24N2O3S2. The van der Waals surface area contributed by atoms with E-state index in [1.165, 1.54) is 11.1 Å². The van der Waals surface area contributed by atoms with Gasteiger partial charge in [-0.15, -0.1) is 11.3 Å². The highest BCUT2D eigenvalue weighted by Gasteiger charge is 2.42. The lowest BCUT2D eigenvalue weighted by atomic mass is 9.90. The number of likely N-dealkylation sites (tertiary alicyclic amines) is 1. The summed E-state index contributed by atoms with van der Waals surface area (Å²) in [5, 5.41) is 2.12. The molecule has 0 saturated carbocycles. The van der Waals surface area contributed by atoms with Crippen LogP contribution in [0.4, 0.5) is 0 Å². The maximum atomic E-state index is 11.2. The molecule has 0 radical (unpaired) electrons. The van der Waals surface area contributed by atoms with E-state index in [4.69, 9.17) is 4.74 Å². The number of nitrogens with zero attached hydrogens (tertiary/aromatic N) is 1. The van der Waals surface area contributed by atoms with Crippen LogP contribution in [0.5, 0.6) is 0 Å². The van der Waals surface area contributed by atoms with Crippen molar-refractivity contribution in [2.75, 3.05) is 25.9 Å². The summed E-state index contributed by atoms with van der Waals surface area (Å²) in [6.07, 6.45) is 5.39. The molecule has 22 heavy (non-hydrogen) atoms. The van der Waals surface area contributed by atoms with Crippen molar-refractivity contribution in [3.8, 4) is 0 Å². The van der Waals surface area contributed by atoms with Crippen molar-refractivity contribution in [2.24, 2.45) is 0 Å². The van der Waals surface area contributed by atoms with Gasteiger partial charge < -0.3 is 4.74 Å². The molecule has 2 saturated heterocycles. The molecule has 0 aromatic carbocycles. The molecule has 2 aliphatic heterocycles. The number of hydrogen-bond donors (Lipinski definition) is 1. The first-order valence-electron chi connectivity index (χ1n) is 7.81. The summed E-state index contributed by atoms with van der Waals surface area (Å²) in [4.78, 5) is 3.85. The fourth-order valence-corrected chi connectivity index (χ4v) is 4.73. The van der Waals surface area contributed by atoms with E-state index in [1.54, 1.807) is 11.3 Å². The van der Waals surface area contributed by atoms with E-state index in [1.807, 2.05) is 0 Å². The van der Waals surface area contributed by atoms with E-state index in [9.17, 15) is 8.42 Å². The molecule has 1 aromatic rings. The molecule has 1 spiro atoms. The van der Waals surface area contributed by atoms with Crippen LogP contribution in [-0.4, -0.2) is 50.9 Å².